The van der Waals surface area contributed by atoms with Gasteiger partial charge in [-0.1, -0.05) is 63.3 Å². The predicted octanol–water partition coefficient (Wildman–Crippen LogP) is 6.11. The Kier molecular flexibility index (Phi) is 6.65. The van der Waals surface area contributed by atoms with Crippen LogP contribution in [0.15, 0.2) is 18.2 Å². The molecule has 0 amide bonds. The summed E-state index contributed by atoms with van der Waals surface area (Å²) in [4.78, 5) is 0. The van der Waals surface area contributed by atoms with Gasteiger partial charge in [0.2, 0.25) is 0 Å². The average molecular weight is 253 g/mol. The highest BCUT2D eigenvalue weighted by Gasteiger charge is 2.13. The monoisotopic (exact) mass is 252 g/mol. The van der Waals surface area contributed by atoms with Gasteiger partial charge in [-0.3, -0.25) is 0 Å². The van der Waals surface area contributed by atoms with Gasteiger partial charge < -0.3 is 0 Å². The number of unbranched alkanes of at least 4 members (excludes halogenated alkanes) is 2. The zero-order valence-corrected chi connectivity index (χ0v) is 12.2. The standard InChI is InChI=1S/C16H25Cl/c1-4-6-7-10-14(9-5-2)15-11-8-12-16(17)13(15)3/h8,11-12,14H,4-7,9-10H2,1-3H3. The van der Waals surface area contributed by atoms with Crippen molar-refractivity contribution in [1.82, 2.24) is 0 Å². The van der Waals surface area contributed by atoms with Gasteiger partial charge in [-0.15, -0.1) is 0 Å². The fraction of sp³-hybridized carbons (Fsp3) is 0.625. The van der Waals surface area contributed by atoms with Crippen LogP contribution < -0.4 is 0 Å². The minimum atomic E-state index is 0.699. The van der Waals surface area contributed by atoms with Crippen molar-refractivity contribution < 1.29 is 0 Å². The van der Waals surface area contributed by atoms with Gasteiger partial charge in [0.25, 0.3) is 0 Å². The van der Waals surface area contributed by atoms with Crippen LogP contribution >= 0.6 is 11.6 Å². The quantitative estimate of drug-likeness (QED) is 0.514. The fourth-order valence-electron chi connectivity index (χ4n) is 2.51. The van der Waals surface area contributed by atoms with Crippen LogP contribution in [0.3, 0.4) is 0 Å². The van der Waals surface area contributed by atoms with Crippen LogP contribution in [-0.2, 0) is 0 Å². The van der Waals surface area contributed by atoms with Crippen LogP contribution in [0.5, 0.6) is 0 Å². The Balaban J connectivity index is 2.77. The summed E-state index contributed by atoms with van der Waals surface area (Å²) in [5.41, 5.74) is 2.75. The second-order valence-electron chi connectivity index (χ2n) is 4.94. The Morgan fingerprint density at radius 2 is 1.82 bits per heavy atom. The zero-order chi connectivity index (χ0) is 12.7. The van der Waals surface area contributed by atoms with E-state index in [1.165, 1.54) is 49.7 Å². The van der Waals surface area contributed by atoms with E-state index in [0.717, 1.165) is 5.02 Å². The van der Waals surface area contributed by atoms with E-state index in [1.54, 1.807) is 0 Å². The van der Waals surface area contributed by atoms with E-state index in [2.05, 4.69) is 32.9 Å². The fourth-order valence-corrected chi connectivity index (χ4v) is 2.69. The summed E-state index contributed by atoms with van der Waals surface area (Å²) in [6.07, 6.45) is 7.83. The summed E-state index contributed by atoms with van der Waals surface area (Å²) in [5.74, 6) is 0.699. The topological polar surface area (TPSA) is 0 Å². The lowest BCUT2D eigenvalue weighted by atomic mass is 9.87. The molecule has 0 spiro atoms. The van der Waals surface area contributed by atoms with Gasteiger partial charge >= 0.3 is 0 Å². The first-order chi connectivity index (χ1) is 8.20. The molecule has 96 valence electrons. The summed E-state index contributed by atoms with van der Waals surface area (Å²) in [6.45, 7) is 6.69. The number of benzene rings is 1. The molecule has 0 aliphatic heterocycles. The Morgan fingerprint density at radius 3 is 2.47 bits per heavy atom. The van der Waals surface area contributed by atoms with Crippen molar-refractivity contribution in [2.75, 3.05) is 0 Å². The van der Waals surface area contributed by atoms with Crippen molar-refractivity contribution in [3.05, 3.63) is 34.3 Å². The molecule has 0 aliphatic rings. The average Bonchev–Trinajstić information content (AvgIpc) is 2.32. The molecule has 0 aromatic heterocycles. The van der Waals surface area contributed by atoms with Gasteiger partial charge in [-0.25, -0.2) is 0 Å². The predicted molar refractivity (Wildman–Crippen MR) is 78.0 cm³/mol. The maximum atomic E-state index is 6.22. The molecule has 0 saturated carbocycles. The second-order valence-corrected chi connectivity index (χ2v) is 5.34. The normalized spacial score (nSPS) is 12.7. The number of rotatable bonds is 7. The van der Waals surface area contributed by atoms with Crippen molar-refractivity contribution in [2.45, 2.75) is 65.2 Å². The molecule has 0 nitrogen and oxygen atoms in total. The van der Waals surface area contributed by atoms with E-state index in [-0.39, 0.29) is 0 Å². The Bertz CT molecular complexity index is 330. The van der Waals surface area contributed by atoms with Gasteiger partial charge in [0.05, 0.1) is 0 Å². The highest BCUT2D eigenvalue weighted by atomic mass is 35.5. The van der Waals surface area contributed by atoms with E-state index in [1.807, 2.05) is 6.07 Å². The highest BCUT2D eigenvalue weighted by Crippen LogP contribution is 2.32. The molecule has 0 saturated heterocycles. The van der Waals surface area contributed by atoms with Crippen LogP contribution in [0, 0.1) is 6.92 Å². The molecular weight excluding hydrogens is 228 g/mol. The molecule has 1 aromatic carbocycles. The maximum Gasteiger partial charge on any atom is 0.0438 e. The van der Waals surface area contributed by atoms with E-state index in [4.69, 9.17) is 11.6 Å². The molecular formula is C16H25Cl. The lowest BCUT2D eigenvalue weighted by Crippen LogP contribution is -2.01. The first-order valence-corrected chi connectivity index (χ1v) is 7.33. The molecule has 0 aliphatic carbocycles. The minimum absolute atomic E-state index is 0.699. The number of halogens is 1. The third kappa shape index (κ3) is 4.35. The lowest BCUT2D eigenvalue weighted by molar-refractivity contribution is 0.527. The SMILES string of the molecule is CCCCCC(CCC)c1cccc(Cl)c1C. The maximum absolute atomic E-state index is 6.22. The Morgan fingerprint density at radius 1 is 1.06 bits per heavy atom. The molecule has 17 heavy (non-hydrogen) atoms. The number of hydrogen-bond acceptors (Lipinski definition) is 0. The van der Waals surface area contributed by atoms with Gasteiger partial charge in [0.15, 0.2) is 0 Å². The van der Waals surface area contributed by atoms with Crippen molar-refractivity contribution in [2.24, 2.45) is 0 Å². The van der Waals surface area contributed by atoms with Gasteiger partial charge in [0, 0.05) is 5.02 Å². The molecule has 1 aromatic rings. The van der Waals surface area contributed by atoms with Gasteiger partial charge in [-0.05, 0) is 42.9 Å². The Labute approximate surface area is 111 Å². The molecule has 1 rings (SSSR count). The first-order valence-electron chi connectivity index (χ1n) is 6.95. The largest absolute Gasteiger partial charge is 0.0840 e. The smallest absolute Gasteiger partial charge is 0.0438 e. The zero-order valence-electron chi connectivity index (χ0n) is 11.4. The van der Waals surface area contributed by atoms with Crippen molar-refractivity contribution >= 4 is 11.6 Å². The summed E-state index contributed by atoms with van der Waals surface area (Å²) in [5, 5.41) is 0.916. The van der Waals surface area contributed by atoms with Crippen molar-refractivity contribution in [3.8, 4) is 0 Å². The van der Waals surface area contributed by atoms with Gasteiger partial charge in [-0.2, -0.15) is 0 Å². The first kappa shape index (κ1) is 14.6. The van der Waals surface area contributed by atoms with Crippen LogP contribution in [0.25, 0.3) is 0 Å². The molecule has 0 bridgehead atoms. The summed E-state index contributed by atoms with van der Waals surface area (Å²) < 4.78 is 0. The molecule has 0 N–H and O–H groups in total. The van der Waals surface area contributed by atoms with Gasteiger partial charge in [0.1, 0.15) is 0 Å². The molecule has 0 heterocycles. The Hall–Kier alpha value is -0.490. The second kappa shape index (κ2) is 7.76. The van der Waals surface area contributed by atoms with Crippen LogP contribution in [0.4, 0.5) is 0 Å². The molecule has 0 radical (unpaired) electrons. The molecule has 1 atom stereocenters. The number of hydrogen-bond donors (Lipinski definition) is 0. The van der Waals surface area contributed by atoms with E-state index in [0.29, 0.717) is 5.92 Å². The third-order valence-electron chi connectivity index (χ3n) is 3.54. The minimum Gasteiger partial charge on any atom is -0.0840 e. The van der Waals surface area contributed by atoms with Crippen molar-refractivity contribution in [1.29, 1.82) is 0 Å². The van der Waals surface area contributed by atoms with Crippen LogP contribution in [0.2, 0.25) is 5.02 Å². The molecule has 1 heteroatoms. The highest BCUT2D eigenvalue weighted by molar-refractivity contribution is 6.31. The lowest BCUT2D eigenvalue weighted by Gasteiger charge is -2.19. The van der Waals surface area contributed by atoms with Crippen molar-refractivity contribution in [3.63, 3.8) is 0 Å². The molecule has 1 unspecified atom stereocenters. The summed E-state index contributed by atoms with van der Waals surface area (Å²) >= 11 is 6.22. The van der Waals surface area contributed by atoms with E-state index in [9.17, 15) is 0 Å². The van der Waals surface area contributed by atoms with Crippen LogP contribution in [-0.4, -0.2) is 0 Å². The summed E-state index contributed by atoms with van der Waals surface area (Å²) in [6, 6.07) is 6.34. The summed E-state index contributed by atoms with van der Waals surface area (Å²) in [7, 11) is 0. The van der Waals surface area contributed by atoms with E-state index >= 15 is 0 Å². The van der Waals surface area contributed by atoms with E-state index < -0.39 is 0 Å². The van der Waals surface area contributed by atoms with Crippen LogP contribution in [0.1, 0.15) is 69.4 Å². The molecule has 0 fully saturated rings. The third-order valence-corrected chi connectivity index (χ3v) is 3.95.